The van der Waals surface area contributed by atoms with Gasteiger partial charge in [-0.1, -0.05) is 15.9 Å². The predicted molar refractivity (Wildman–Crippen MR) is 100 cm³/mol. The monoisotopic (exact) mass is 427 g/mol. The van der Waals surface area contributed by atoms with Crippen molar-refractivity contribution in [3.8, 4) is 12.3 Å². The standard InChI is InChI=1S/C15H10BrN9O2/c16-9-2-1-6(25(26)27)3-7(9)12-10-11(19)8(4-17)13(20)23-14(10)24-15(22-12)21-5-18/h1-3,12H,(H6,19,20,21,22,23,24). The molecule has 2 heterocycles. The molecule has 12 heteroatoms. The molecule has 2 aromatic rings. The molecule has 1 aliphatic rings. The summed E-state index contributed by atoms with van der Waals surface area (Å²) >= 11 is 3.35. The van der Waals surface area contributed by atoms with Crippen molar-refractivity contribution in [1.82, 2.24) is 10.3 Å². The highest BCUT2D eigenvalue weighted by Crippen LogP contribution is 2.43. The average molecular weight is 428 g/mol. The number of benzene rings is 1. The number of fused-ring (bicyclic) bond motifs is 1. The molecular formula is C15H10BrN9O2. The van der Waals surface area contributed by atoms with Crippen LogP contribution in [0.4, 0.5) is 23.0 Å². The summed E-state index contributed by atoms with van der Waals surface area (Å²) in [7, 11) is 0. The molecule has 134 valence electrons. The first-order valence-electron chi connectivity index (χ1n) is 7.30. The highest BCUT2D eigenvalue weighted by Gasteiger charge is 2.31. The Morgan fingerprint density at radius 3 is 2.74 bits per heavy atom. The maximum atomic E-state index is 11.2. The second-order valence-corrected chi connectivity index (χ2v) is 6.22. The molecule has 0 saturated carbocycles. The van der Waals surface area contributed by atoms with E-state index >= 15 is 0 Å². The number of aliphatic imine (C=N–C) groups is 1. The molecule has 11 nitrogen and oxygen atoms in total. The van der Waals surface area contributed by atoms with E-state index in [2.05, 4.69) is 36.5 Å². The van der Waals surface area contributed by atoms with E-state index in [1.165, 1.54) is 18.2 Å². The lowest BCUT2D eigenvalue weighted by Gasteiger charge is -2.26. The van der Waals surface area contributed by atoms with E-state index in [-0.39, 0.29) is 34.5 Å². The fourth-order valence-corrected chi connectivity index (χ4v) is 3.12. The second-order valence-electron chi connectivity index (χ2n) is 5.36. The highest BCUT2D eigenvalue weighted by molar-refractivity contribution is 9.10. The summed E-state index contributed by atoms with van der Waals surface area (Å²) in [5, 5.41) is 34.5. The number of nitrogens with zero attached hydrogens (tertiary/aromatic N) is 5. The molecule has 0 fully saturated rings. The van der Waals surface area contributed by atoms with Crippen molar-refractivity contribution < 1.29 is 4.92 Å². The van der Waals surface area contributed by atoms with Crippen molar-refractivity contribution in [3.05, 3.63) is 49.5 Å². The first-order chi connectivity index (χ1) is 12.9. The van der Waals surface area contributed by atoms with E-state index in [1.807, 2.05) is 6.07 Å². The number of hydrogen-bond donors (Lipinski definition) is 4. The molecule has 1 atom stereocenters. The molecule has 6 N–H and O–H groups in total. The predicted octanol–water partition coefficient (Wildman–Crippen LogP) is 1.73. The Kier molecular flexibility index (Phi) is 4.50. The van der Waals surface area contributed by atoms with Crippen LogP contribution in [0.15, 0.2) is 27.7 Å². The fraction of sp³-hybridized carbons (Fsp3) is 0.0667. The third-order valence-corrected chi connectivity index (χ3v) is 4.56. The average Bonchev–Trinajstić information content (AvgIpc) is 2.61. The van der Waals surface area contributed by atoms with Crippen molar-refractivity contribution in [1.29, 1.82) is 10.5 Å². The Hall–Kier alpha value is -3.90. The van der Waals surface area contributed by atoms with Crippen LogP contribution >= 0.6 is 15.9 Å². The third-order valence-electron chi connectivity index (χ3n) is 3.84. The number of nitrogens with two attached hydrogens (primary N) is 2. The number of nitro benzene ring substituents is 1. The van der Waals surface area contributed by atoms with Gasteiger partial charge in [0.15, 0.2) is 6.19 Å². The second kappa shape index (κ2) is 6.78. The smallest absolute Gasteiger partial charge is 0.269 e. The maximum absolute atomic E-state index is 11.2. The number of halogens is 1. The Bertz CT molecular complexity index is 1080. The van der Waals surface area contributed by atoms with Crippen molar-refractivity contribution in [2.24, 2.45) is 4.99 Å². The fourth-order valence-electron chi connectivity index (χ4n) is 2.66. The van der Waals surface area contributed by atoms with Crippen molar-refractivity contribution in [2.45, 2.75) is 6.04 Å². The topological polar surface area (TPSA) is 192 Å². The largest absolute Gasteiger partial charge is 0.397 e. The lowest BCUT2D eigenvalue weighted by molar-refractivity contribution is -0.384. The van der Waals surface area contributed by atoms with Crippen LogP contribution in [-0.2, 0) is 0 Å². The summed E-state index contributed by atoms with van der Waals surface area (Å²) in [5.41, 5.74) is 12.5. The van der Waals surface area contributed by atoms with Gasteiger partial charge in [-0.2, -0.15) is 10.5 Å². The minimum absolute atomic E-state index is 0.0194. The Balaban J connectivity index is 2.30. The Labute approximate surface area is 160 Å². The van der Waals surface area contributed by atoms with Crippen LogP contribution in [-0.4, -0.2) is 15.9 Å². The number of anilines is 3. The lowest BCUT2D eigenvalue weighted by Crippen LogP contribution is -2.32. The zero-order valence-corrected chi connectivity index (χ0v) is 15.0. The van der Waals surface area contributed by atoms with E-state index in [0.29, 0.717) is 15.6 Å². The van der Waals surface area contributed by atoms with Gasteiger partial charge in [0.2, 0.25) is 5.96 Å². The van der Waals surface area contributed by atoms with Crippen LogP contribution in [0.5, 0.6) is 0 Å². The van der Waals surface area contributed by atoms with Crippen LogP contribution in [0, 0.1) is 32.9 Å². The van der Waals surface area contributed by atoms with Gasteiger partial charge in [0.1, 0.15) is 29.3 Å². The quantitative estimate of drug-likeness (QED) is 0.239. The summed E-state index contributed by atoms with van der Waals surface area (Å²) in [6.07, 6.45) is 1.73. The number of guanidine groups is 1. The molecule has 1 aliphatic heterocycles. The van der Waals surface area contributed by atoms with E-state index in [9.17, 15) is 15.4 Å². The van der Waals surface area contributed by atoms with Gasteiger partial charge in [0.05, 0.1) is 10.6 Å². The molecule has 0 bridgehead atoms. The van der Waals surface area contributed by atoms with Gasteiger partial charge in [0, 0.05) is 27.7 Å². The van der Waals surface area contributed by atoms with Gasteiger partial charge in [-0.05, 0) is 6.07 Å². The molecule has 1 aromatic heterocycles. The number of hydrogen-bond acceptors (Lipinski definition) is 10. The summed E-state index contributed by atoms with van der Waals surface area (Å²) < 4.78 is 0.528. The zero-order valence-electron chi connectivity index (χ0n) is 13.4. The zero-order chi connectivity index (χ0) is 19.7. The number of nitriles is 2. The van der Waals surface area contributed by atoms with Gasteiger partial charge < -0.3 is 16.8 Å². The summed E-state index contributed by atoms with van der Waals surface area (Å²) in [6.45, 7) is 0. The molecule has 3 rings (SSSR count). The van der Waals surface area contributed by atoms with Crippen LogP contribution < -0.4 is 22.1 Å². The molecular weight excluding hydrogens is 418 g/mol. The molecule has 1 aromatic carbocycles. The number of rotatable bonds is 2. The molecule has 0 radical (unpaired) electrons. The number of pyridine rings is 1. The van der Waals surface area contributed by atoms with Crippen LogP contribution in [0.2, 0.25) is 0 Å². The summed E-state index contributed by atoms with van der Waals surface area (Å²) in [5.74, 6) is 0.167. The molecule has 27 heavy (non-hydrogen) atoms. The van der Waals surface area contributed by atoms with Crippen LogP contribution in [0.25, 0.3) is 0 Å². The van der Waals surface area contributed by atoms with E-state index in [4.69, 9.17) is 16.7 Å². The number of aromatic nitrogens is 1. The third kappa shape index (κ3) is 3.05. The van der Waals surface area contributed by atoms with Gasteiger partial charge in [-0.15, -0.1) is 0 Å². The summed E-state index contributed by atoms with van der Waals surface area (Å²) in [4.78, 5) is 19.1. The van der Waals surface area contributed by atoms with Crippen molar-refractivity contribution >= 4 is 44.9 Å². The Morgan fingerprint density at radius 2 is 2.11 bits per heavy atom. The minimum Gasteiger partial charge on any atom is -0.397 e. The summed E-state index contributed by atoms with van der Waals surface area (Å²) in [6, 6.07) is 5.19. The first-order valence-corrected chi connectivity index (χ1v) is 8.09. The molecule has 0 amide bonds. The minimum atomic E-state index is -0.869. The van der Waals surface area contributed by atoms with Crippen LogP contribution in [0.3, 0.4) is 0 Å². The van der Waals surface area contributed by atoms with Gasteiger partial charge in [-0.25, -0.2) is 9.98 Å². The van der Waals surface area contributed by atoms with Gasteiger partial charge in [0.25, 0.3) is 5.69 Å². The highest BCUT2D eigenvalue weighted by atomic mass is 79.9. The Morgan fingerprint density at radius 1 is 1.37 bits per heavy atom. The molecule has 0 spiro atoms. The maximum Gasteiger partial charge on any atom is 0.269 e. The lowest BCUT2D eigenvalue weighted by atomic mass is 9.95. The van der Waals surface area contributed by atoms with E-state index in [1.54, 1.807) is 6.19 Å². The van der Waals surface area contributed by atoms with Gasteiger partial charge in [-0.3, -0.25) is 15.4 Å². The van der Waals surface area contributed by atoms with Crippen molar-refractivity contribution in [2.75, 3.05) is 16.8 Å². The first kappa shape index (κ1) is 17.9. The number of nitro groups is 1. The normalized spacial score (nSPS) is 14.8. The number of non-ortho nitro benzene ring substituents is 1. The van der Waals surface area contributed by atoms with Gasteiger partial charge >= 0.3 is 0 Å². The molecule has 1 unspecified atom stereocenters. The van der Waals surface area contributed by atoms with E-state index < -0.39 is 11.0 Å². The molecule has 0 aliphatic carbocycles. The van der Waals surface area contributed by atoms with Crippen LogP contribution in [0.1, 0.15) is 22.7 Å². The molecule has 0 saturated heterocycles. The van der Waals surface area contributed by atoms with Crippen molar-refractivity contribution in [3.63, 3.8) is 0 Å². The SMILES string of the molecule is N#CNC1=NC(c2cc([N+](=O)[O-])ccc2Br)c2c(nc(N)c(C#N)c2N)N1. The number of nitrogens with one attached hydrogen (secondary N) is 2. The number of nitrogen functional groups attached to an aromatic ring is 2. The van der Waals surface area contributed by atoms with E-state index in [0.717, 1.165) is 0 Å².